The average molecular weight is 658 g/mol. The van der Waals surface area contributed by atoms with Gasteiger partial charge < -0.3 is 24.4 Å². The zero-order chi connectivity index (χ0) is 33.3. The minimum Gasteiger partial charge on any atom is -0.490 e. The Kier molecular flexibility index (Phi) is 13.3. The Morgan fingerprint density at radius 3 is 2.39 bits per heavy atom. The average Bonchev–Trinajstić information content (AvgIpc) is 3.03. The molecule has 46 heavy (non-hydrogen) atoms. The van der Waals surface area contributed by atoms with Crippen molar-refractivity contribution < 1.29 is 27.8 Å². The van der Waals surface area contributed by atoms with E-state index in [-0.39, 0.29) is 46.8 Å². The van der Waals surface area contributed by atoms with Crippen molar-refractivity contribution in [1.29, 1.82) is 0 Å². The lowest BCUT2D eigenvalue weighted by atomic mass is 9.89. The molecule has 1 saturated carbocycles. The number of nitrogens with zero attached hydrogens (tertiary/aromatic N) is 2. The van der Waals surface area contributed by atoms with E-state index in [1.807, 2.05) is 20.8 Å². The summed E-state index contributed by atoms with van der Waals surface area (Å²) in [6.45, 7) is 10.4. The van der Waals surface area contributed by atoms with Crippen LogP contribution in [0.15, 0.2) is 47.4 Å². The Morgan fingerprint density at radius 1 is 1.00 bits per heavy atom. The Balaban J connectivity index is 1.62. The highest BCUT2D eigenvalue weighted by Gasteiger charge is 2.31. The second kappa shape index (κ2) is 16.9. The van der Waals surface area contributed by atoms with Gasteiger partial charge in [0.05, 0.1) is 35.3 Å². The van der Waals surface area contributed by atoms with Gasteiger partial charge in [0, 0.05) is 37.8 Å². The number of aryl methyl sites for hydroxylation is 1. The lowest BCUT2D eigenvalue weighted by Gasteiger charge is -2.36. The SMILES string of the molecule is Cc1ccc(S(=O)(=O)Nc2ccc3c(c2)C(=O)N([C@H](C)CO)C[C@H](C)[C@@H](CN(C)CC2CCCCC2)OCCCC[C@@H](C)O3)cc1. The molecule has 1 aliphatic heterocycles. The molecule has 10 heteroatoms. The van der Waals surface area contributed by atoms with Gasteiger partial charge in [0.2, 0.25) is 0 Å². The minimum atomic E-state index is -3.88. The highest BCUT2D eigenvalue weighted by atomic mass is 32.2. The maximum Gasteiger partial charge on any atom is 0.261 e. The van der Waals surface area contributed by atoms with Crippen LogP contribution in [0.1, 0.15) is 88.1 Å². The van der Waals surface area contributed by atoms with Crippen molar-refractivity contribution >= 4 is 21.6 Å². The summed E-state index contributed by atoms with van der Waals surface area (Å²) in [5.74, 6) is 0.783. The summed E-state index contributed by atoms with van der Waals surface area (Å²) in [6, 6.07) is 11.0. The van der Waals surface area contributed by atoms with Gasteiger partial charge in [-0.15, -0.1) is 0 Å². The molecule has 1 amide bonds. The Labute approximate surface area is 276 Å². The number of benzene rings is 2. The number of hydrogen-bond acceptors (Lipinski definition) is 7. The first-order valence-electron chi connectivity index (χ1n) is 17.1. The van der Waals surface area contributed by atoms with Crippen molar-refractivity contribution in [2.45, 2.75) is 102 Å². The van der Waals surface area contributed by atoms with Crippen LogP contribution in [0.2, 0.25) is 0 Å². The van der Waals surface area contributed by atoms with Crippen LogP contribution in [-0.4, -0.2) is 87.4 Å². The second-order valence-corrected chi connectivity index (χ2v) is 15.3. The van der Waals surface area contributed by atoms with Crippen molar-refractivity contribution in [2.75, 3.05) is 44.6 Å². The standard InChI is InChI=1S/C36H55N3O6S/c1-26-14-17-32(18-15-26)46(42,43)37-31-16-19-34-33(21-31)36(41)39(28(3)25-40)22-27(2)35(44-20-10-9-11-29(4)45-34)24-38(5)23-30-12-7-6-8-13-30/h14-19,21,27-30,35,37,40H,6-13,20,22-25H2,1-5H3/t27-,28+,29+,35+/m0/s1. The zero-order valence-corrected chi connectivity index (χ0v) is 29.2. The Morgan fingerprint density at radius 2 is 1.70 bits per heavy atom. The van der Waals surface area contributed by atoms with Crippen molar-refractivity contribution in [3.63, 3.8) is 0 Å². The van der Waals surface area contributed by atoms with Gasteiger partial charge >= 0.3 is 0 Å². The molecule has 0 spiro atoms. The van der Waals surface area contributed by atoms with Gasteiger partial charge in [0.1, 0.15) is 5.75 Å². The summed E-state index contributed by atoms with van der Waals surface area (Å²) >= 11 is 0. The highest BCUT2D eigenvalue weighted by Crippen LogP contribution is 2.30. The molecule has 256 valence electrons. The molecule has 2 aliphatic rings. The summed E-state index contributed by atoms with van der Waals surface area (Å²) in [5, 5.41) is 10.2. The Bertz CT molecular complexity index is 1360. The molecule has 0 radical (unpaired) electrons. The molecule has 4 atom stereocenters. The maximum atomic E-state index is 14.4. The van der Waals surface area contributed by atoms with Crippen LogP contribution >= 0.6 is 0 Å². The van der Waals surface area contributed by atoms with Gasteiger partial charge in [0.25, 0.3) is 15.9 Å². The fourth-order valence-corrected chi connectivity index (χ4v) is 7.62. The number of carbonyl (C=O) groups excluding carboxylic acids is 1. The van der Waals surface area contributed by atoms with Crippen molar-refractivity contribution in [2.24, 2.45) is 11.8 Å². The van der Waals surface area contributed by atoms with E-state index in [2.05, 4.69) is 23.6 Å². The first kappa shape index (κ1) is 36.2. The van der Waals surface area contributed by atoms with Crippen LogP contribution in [-0.2, 0) is 14.8 Å². The normalized spacial score (nSPS) is 23.3. The van der Waals surface area contributed by atoms with Crippen molar-refractivity contribution in [1.82, 2.24) is 9.80 Å². The van der Waals surface area contributed by atoms with E-state index in [1.54, 1.807) is 47.4 Å². The van der Waals surface area contributed by atoms with Crippen LogP contribution < -0.4 is 9.46 Å². The van der Waals surface area contributed by atoms with E-state index in [4.69, 9.17) is 9.47 Å². The highest BCUT2D eigenvalue weighted by molar-refractivity contribution is 7.92. The quantitative estimate of drug-likeness (QED) is 0.335. The number of nitrogens with one attached hydrogen (secondary N) is 1. The number of anilines is 1. The molecule has 9 nitrogen and oxygen atoms in total. The number of likely N-dealkylation sites (N-methyl/N-ethyl adjacent to an activating group) is 1. The van der Waals surface area contributed by atoms with Gasteiger partial charge in [-0.1, -0.05) is 43.9 Å². The molecule has 0 unspecified atom stereocenters. The van der Waals surface area contributed by atoms with Crippen molar-refractivity contribution in [3.05, 3.63) is 53.6 Å². The summed E-state index contributed by atoms with van der Waals surface area (Å²) in [4.78, 5) is 18.6. The predicted octanol–water partition coefficient (Wildman–Crippen LogP) is 6.10. The van der Waals surface area contributed by atoms with Crippen molar-refractivity contribution in [3.8, 4) is 5.75 Å². The lowest BCUT2D eigenvalue weighted by Crippen LogP contribution is -2.47. The summed E-state index contributed by atoms with van der Waals surface area (Å²) in [6.07, 6.45) is 8.89. The van der Waals surface area contributed by atoms with E-state index in [1.165, 1.54) is 32.1 Å². The van der Waals surface area contributed by atoms with E-state index in [9.17, 15) is 18.3 Å². The fraction of sp³-hybridized carbons (Fsp3) is 0.639. The topological polar surface area (TPSA) is 108 Å². The molecule has 4 rings (SSSR count). The van der Waals surface area contributed by atoms with Crippen LogP contribution in [0.3, 0.4) is 0 Å². The number of carbonyl (C=O) groups is 1. The third-order valence-corrected chi connectivity index (χ3v) is 10.8. The first-order chi connectivity index (χ1) is 22.0. The minimum absolute atomic E-state index is 0.0128. The monoisotopic (exact) mass is 657 g/mol. The number of fused-ring (bicyclic) bond motifs is 1. The molecule has 2 aromatic carbocycles. The smallest absolute Gasteiger partial charge is 0.261 e. The van der Waals surface area contributed by atoms with Gasteiger partial charge in [0.15, 0.2) is 0 Å². The van der Waals surface area contributed by atoms with E-state index < -0.39 is 16.1 Å². The molecule has 1 heterocycles. The molecular weight excluding hydrogens is 602 g/mol. The third-order valence-electron chi connectivity index (χ3n) is 9.42. The van der Waals surface area contributed by atoms with Crippen LogP contribution in [0, 0.1) is 18.8 Å². The molecule has 1 aliphatic carbocycles. The molecule has 0 aromatic heterocycles. The third kappa shape index (κ3) is 10.2. The predicted molar refractivity (Wildman–Crippen MR) is 183 cm³/mol. The van der Waals surface area contributed by atoms with Gasteiger partial charge in [-0.05, 0) is 96.2 Å². The van der Waals surface area contributed by atoms with Gasteiger partial charge in [-0.3, -0.25) is 9.52 Å². The molecule has 2 N–H and O–H groups in total. The van der Waals surface area contributed by atoms with E-state index >= 15 is 0 Å². The van der Waals surface area contributed by atoms with Gasteiger partial charge in [-0.25, -0.2) is 8.42 Å². The van der Waals surface area contributed by atoms with E-state index in [0.29, 0.717) is 18.9 Å². The summed E-state index contributed by atoms with van der Waals surface area (Å²) < 4.78 is 41.9. The number of hydrogen-bond donors (Lipinski definition) is 2. The van der Waals surface area contributed by atoms with Crippen LogP contribution in [0.4, 0.5) is 5.69 Å². The van der Waals surface area contributed by atoms with Crippen LogP contribution in [0.5, 0.6) is 5.75 Å². The fourth-order valence-electron chi connectivity index (χ4n) is 6.57. The molecule has 0 bridgehead atoms. The van der Waals surface area contributed by atoms with Crippen LogP contribution in [0.25, 0.3) is 0 Å². The maximum absolute atomic E-state index is 14.4. The molecule has 2 aromatic rings. The summed E-state index contributed by atoms with van der Waals surface area (Å²) in [7, 11) is -1.71. The zero-order valence-electron chi connectivity index (χ0n) is 28.4. The number of aliphatic hydroxyl groups excluding tert-OH is 1. The Hall–Kier alpha value is -2.66. The molecule has 1 fully saturated rings. The number of aliphatic hydroxyl groups is 1. The number of amides is 1. The van der Waals surface area contributed by atoms with E-state index in [0.717, 1.165) is 43.8 Å². The summed E-state index contributed by atoms with van der Waals surface area (Å²) in [5.41, 5.74) is 1.48. The number of sulfonamides is 1. The largest absolute Gasteiger partial charge is 0.490 e. The molecular formula is C36H55N3O6S. The second-order valence-electron chi connectivity index (χ2n) is 13.7. The van der Waals surface area contributed by atoms with Gasteiger partial charge in [-0.2, -0.15) is 0 Å². The molecule has 0 saturated heterocycles. The first-order valence-corrected chi connectivity index (χ1v) is 18.6. The lowest BCUT2D eigenvalue weighted by molar-refractivity contribution is -0.0190. The number of rotatable bonds is 9. The number of ether oxygens (including phenoxy) is 2.